The van der Waals surface area contributed by atoms with Crippen molar-refractivity contribution in [3.8, 4) is 0 Å². The van der Waals surface area contributed by atoms with Crippen molar-refractivity contribution >= 4 is 29.9 Å². The minimum atomic E-state index is 0. The Balaban J connectivity index is 0.00000225. The number of nitrogens with zero attached hydrogens (tertiary/aromatic N) is 4. The number of hydrogen-bond donors (Lipinski definition) is 1. The SMILES string of the molecule is CN=C(NCCN1CCCN(C)CC1)N1CCC2(CCCCC2)C1.I. The lowest BCUT2D eigenvalue weighted by molar-refractivity contribution is 0.203. The van der Waals surface area contributed by atoms with E-state index in [1.165, 1.54) is 84.2 Å². The van der Waals surface area contributed by atoms with Gasteiger partial charge in [-0.3, -0.25) is 4.99 Å². The topological polar surface area (TPSA) is 34.1 Å². The molecule has 0 aromatic rings. The Morgan fingerprint density at radius 3 is 2.52 bits per heavy atom. The number of likely N-dealkylation sites (N-methyl/N-ethyl adjacent to an activating group) is 1. The van der Waals surface area contributed by atoms with Gasteiger partial charge in [0, 0.05) is 46.3 Å². The Bertz CT molecular complexity index is 422. The van der Waals surface area contributed by atoms with Crippen molar-refractivity contribution in [3.05, 3.63) is 0 Å². The van der Waals surface area contributed by atoms with Crippen molar-refractivity contribution in [1.82, 2.24) is 20.0 Å². The Hall–Kier alpha value is -0.0800. The van der Waals surface area contributed by atoms with Gasteiger partial charge in [-0.1, -0.05) is 19.3 Å². The lowest BCUT2D eigenvalue weighted by atomic mass is 9.73. The first kappa shape index (κ1) is 21.2. The average Bonchev–Trinajstić information content (AvgIpc) is 2.87. The van der Waals surface area contributed by atoms with Crippen LogP contribution in [0.2, 0.25) is 0 Å². The van der Waals surface area contributed by atoms with Crippen molar-refractivity contribution < 1.29 is 0 Å². The third-order valence-corrected chi connectivity index (χ3v) is 6.39. The van der Waals surface area contributed by atoms with Crippen LogP contribution >= 0.6 is 24.0 Å². The molecule has 2 heterocycles. The Labute approximate surface area is 171 Å². The molecule has 5 nitrogen and oxygen atoms in total. The molecular formula is C19H38IN5. The zero-order valence-electron chi connectivity index (χ0n) is 16.3. The van der Waals surface area contributed by atoms with E-state index in [4.69, 9.17) is 0 Å². The maximum Gasteiger partial charge on any atom is 0.193 e. The van der Waals surface area contributed by atoms with Gasteiger partial charge in [0.05, 0.1) is 0 Å². The lowest BCUT2D eigenvalue weighted by Crippen LogP contribution is -2.44. The first-order valence-electron chi connectivity index (χ1n) is 10.1. The van der Waals surface area contributed by atoms with Crippen LogP contribution in [0.25, 0.3) is 0 Å². The molecule has 0 bridgehead atoms. The summed E-state index contributed by atoms with van der Waals surface area (Å²) in [5.41, 5.74) is 0.602. The summed E-state index contributed by atoms with van der Waals surface area (Å²) in [6.45, 7) is 9.42. The predicted octanol–water partition coefficient (Wildman–Crippen LogP) is 2.47. The third-order valence-electron chi connectivity index (χ3n) is 6.39. The molecule has 0 aromatic heterocycles. The van der Waals surface area contributed by atoms with Crippen LogP contribution in [0.1, 0.15) is 44.9 Å². The molecule has 0 aromatic carbocycles. The molecule has 146 valence electrons. The van der Waals surface area contributed by atoms with Crippen LogP contribution in [-0.4, -0.2) is 87.1 Å². The summed E-state index contributed by atoms with van der Waals surface area (Å²) in [6, 6.07) is 0. The molecule has 6 heteroatoms. The summed E-state index contributed by atoms with van der Waals surface area (Å²) in [6.07, 6.45) is 9.84. The van der Waals surface area contributed by atoms with Crippen LogP contribution in [0.3, 0.4) is 0 Å². The fourth-order valence-electron chi connectivity index (χ4n) is 4.81. The highest BCUT2D eigenvalue weighted by Crippen LogP contribution is 2.43. The highest BCUT2D eigenvalue weighted by molar-refractivity contribution is 14.0. The Morgan fingerprint density at radius 1 is 0.960 bits per heavy atom. The molecule has 1 spiro atoms. The second-order valence-electron chi connectivity index (χ2n) is 8.20. The van der Waals surface area contributed by atoms with E-state index in [0.29, 0.717) is 5.41 Å². The van der Waals surface area contributed by atoms with Crippen LogP contribution in [-0.2, 0) is 0 Å². The van der Waals surface area contributed by atoms with E-state index in [2.05, 4.69) is 32.1 Å². The fraction of sp³-hybridized carbons (Fsp3) is 0.947. The van der Waals surface area contributed by atoms with Crippen molar-refractivity contribution in [2.24, 2.45) is 10.4 Å². The summed E-state index contributed by atoms with van der Waals surface area (Å²) in [5.74, 6) is 1.13. The van der Waals surface area contributed by atoms with Gasteiger partial charge in [0.1, 0.15) is 0 Å². The first-order chi connectivity index (χ1) is 11.7. The Kier molecular flexibility index (Phi) is 8.75. The minimum absolute atomic E-state index is 0. The van der Waals surface area contributed by atoms with E-state index in [9.17, 15) is 0 Å². The van der Waals surface area contributed by atoms with Crippen molar-refractivity contribution in [3.63, 3.8) is 0 Å². The molecule has 1 N–H and O–H groups in total. The molecule has 0 radical (unpaired) electrons. The molecule has 0 unspecified atom stereocenters. The molecule has 0 atom stereocenters. The standard InChI is InChI=1S/C19H37N5.HI/c1-20-18(21-10-14-23-12-6-11-22(2)15-16-23)24-13-9-19(17-24)7-4-3-5-8-19;/h3-17H2,1-2H3,(H,20,21);1H. The molecule has 25 heavy (non-hydrogen) atoms. The predicted molar refractivity (Wildman–Crippen MR) is 117 cm³/mol. The summed E-state index contributed by atoms with van der Waals surface area (Å²) in [4.78, 5) is 12.1. The fourth-order valence-corrected chi connectivity index (χ4v) is 4.81. The molecule has 2 saturated heterocycles. The van der Waals surface area contributed by atoms with Crippen molar-refractivity contribution in [2.45, 2.75) is 44.9 Å². The van der Waals surface area contributed by atoms with Crippen LogP contribution in [0.5, 0.6) is 0 Å². The quantitative estimate of drug-likeness (QED) is 0.396. The number of likely N-dealkylation sites (tertiary alicyclic amines) is 1. The van der Waals surface area contributed by atoms with Gasteiger partial charge in [0.25, 0.3) is 0 Å². The number of guanidine groups is 1. The summed E-state index contributed by atoms with van der Waals surface area (Å²) in [7, 11) is 4.17. The van der Waals surface area contributed by atoms with Crippen LogP contribution in [0, 0.1) is 5.41 Å². The maximum atomic E-state index is 4.57. The van der Waals surface area contributed by atoms with Crippen molar-refractivity contribution in [2.75, 3.05) is 66.5 Å². The van der Waals surface area contributed by atoms with E-state index in [-0.39, 0.29) is 24.0 Å². The average molecular weight is 463 g/mol. The third kappa shape index (κ3) is 5.96. The van der Waals surface area contributed by atoms with Gasteiger partial charge >= 0.3 is 0 Å². The maximum absolute atomic E-state index is 4.57. The van der Waals surface area contributed by atoms with E-state index >= 15 is 0 Å². The second-order valence-corrected chi connectivity index (χ2v) is 8.20. The highest BCUT2D eigenvalue weighted by atomic mass is 127. The van der Waals surface area contributed by atoms with Crippen molar-refractivity contribution in [1.29, 1.82) is 0 Å². The molecule has 3 fully saturated rings. The summed E-state index contributed by atoms with van der Waals surface area (Å²) >= 11 is 0. The van der Waals surface area contributed by atoms with Gasteiger partial charge in [0.15, 0.2) is 5.96 Å². The summed E-state index contributed by atoms with van der Waals surface area (Å²) < 4.78 is 0. The first-order valence-corrected chi connectivity index (χ1v) is 10.1. The van der Waals surface area contributed by atoms with E-state index < -0.39 is 0 Å². The summed E-state index contributed by atoms with van der Waals surface area (Å²) in [5, 5.41) is 3.63. The monoisotopic (exact) mass is 463 g/mol. The molecule has 1 saturated carbocycles. The number of halogens is 1. The van der Waals surface area contributed by atoms with Crippen LogP contribution < -0.4 is 5.32 Å². The molecule has 2 aliphatic heterocycles. The number of aliphatic imine (C=N–C) groups is 1. The normalized spacial score (nSPS) is 25.7. The molecule has 1 aliphatic carbocycles. The van der Waals surface area contributed by atoms with Gasteiger partial charge in [0.2, 0.25) is 0 Å². The Morgan fingerprint density at radius 2 is 1.76 bits per heavy atom. The largest absolute Gasteiger partial charge is 0.355 e. The highest BCUT2D eigenvalue weighted by Gasteiger charge is 2.39. The van der Waals surface area contributed by atoms with Gasteiger partial charge in [-0.25, -0.2) is 0 Å². The number of hydrogen-bond acceptors (Lipinski definition) is 3. The van der Waals surface area contributed by atoms with E-state index in [1.54, 1.807) is 0 Å². The number of rotatable bonds is 3. The van der Waals surface area contributed by atoms with E-state index in [0.717, 1.165) is 19.0 Å². The smallest absolute Gasteiger partial charge is 0.193 e. The molecule has 3 aliphatic rings. The minimum Gasteiger partial charge on any atom is -0.355 e. The molecule has 0 amide bonds. The van der Waals surface area contributed by atoms with Gasteiger partial charge in [-0.15, -0.1) is 24.0 Å². The van der Waals surface area contributed by atoms with Gasteiger partial charge < -0.3 is 20.0 Å². The van der Waals surface area contributed by atoms with E-state index in [1.807, 2.05) is 7.05 Å². The van der Waals surface area contributed by atoms with Crippen LogP contribution in [0.15, 0.2) is 4.99 Å². The van der Waals surface area contributed by atoms with Crippen LogP contribution in [0.4, 0.5) is 0 Å². The lowest BCUT2D eigenvalue weighted by Gasteiger charge is -2.33. The zero-order valence-corrected chi connectivity index (χ0v) is 18.6. The van der Waals surface area contributed by atoms with Gasteiger partial charge in [-0.05, 0) is 51.2 Å². The molecular weight excluding hydrogens is 425 g/mol. The second kappa shape index (κ2) is 10.3. The number of nitrogens with one attached hydrogen (secondary N) is 1. The molecule has 3 rings (SSSR count). The van der Waals surface area contributed by atoms with Gasteiger partial charge in [-0.2, -0.15) is 0 Å². The zero-order chi connectivity index (χ0) is 16.8.